The standard InChI is InChI=1S/C10H15NO2/c11-9(10(12)13)5-8-4-6-1-2-7(8)3-6/h1-2,6-9H,3-5,11H2,(H,12,13). The van der Waals surface area contributed by atoms with E-state index in [0.717, 1.165) is 6.42 Å². The van der Waals surface area contributed by atoms with E-state index in [2.05, 4.69) is 12.2 Å². The molecule has 0 radical (unpaired) electrons. The van der Waals surface area contributed by atoms with E-state index in [-0.39, 0.29) is 0 Å². The molecule has 2 bridgehead atoms. The number of nitrogens with two attached hydrogens (primary N) is 1. The van der Waals surface area contributed by atoms with Crippen molar-refractivity contribution in [3.05, 3.63) is 12.2 Å². The van der Waals surface area contributed by atoms with E-state index in [9.17, 15) is 4.79 Å². The number of allylic oxidation sites excluding steroid dienone is 2. The summed E-state index contributed by atoms with van der Waals surface area (Å²) in [5.74, 6) is 0.958. The topological polar surface area (TPSA) is 63.3 Å². The van der Waals surface area contributed by atoms with Crippen molar-refractivity contribution in [2.75, 3.05) is 0 Å². The normalized spacial score (nSPS) is 38.1. The first-order valence-electron chi connectivity index (χ1n) is 4.83. The van der Waals surface area contributed by atoms with E-state index < -0.39 is 12.0 Å². The van der Waals surface area contributed by atoms with Crippen LogP contribution in [0.4, 0.5) is 0 Å². The molecular formula is C10H15NO2. The Labute approximate surface area is 77.6 Å². The molecule has 0 aromatic heterocycles. The number of rotatable bonds is 3. The highest BCUT2D eigenvalue weighted by molar-refractivity contribution is 5.73. The van der Waals surface area contributed by atoms with Gasteiger partial charge in [0.1, 0.15) is 6.04 Å². The summed E-state index contributed by atoms with van der Waals surface area (Å²) in [4.78, 5) is 10.6. The van der Waals surface area contributed by atoms with Crippen molar-refractivity contribution in [3.8, 4) is 0 Å². The highest BCUT2D eigenvalue weighted by Crippen LogP contribution is 2.45. The largest absolute Gasteiger partial charge is 0.480 e. The molecule has 0 heterocycles. The molecule has 4 atom stereocenters. The number of hydrogen-bond acceptors (Lipinski definition) is 2. The highest BCUT2D eigenvalue weighted by Gasteiger charge is 2.36. The Morgan fingerprint density at radius 1 is 1.54 bits per heavy atom. The van der Waals surface area contributed by atoms with E-state index in [1.54, 1.807) is 0 Å². The molecule has 3 nitrogen and oxygen atoms in total. The molecule has 13 heavy (non-hydrogen) atoms. The molecule has 0 aromatic rings. The lowest BCUT2D eigenvalue weighted by Gasteiger charge is -2.19. The molecular weight excluding hydrogens is 166 g/mol. The Morgan fingerprint density at radius 3 is 2.77 bits per heavy atom. The molecule has 1 saturated carbocycles. The van der Waals surface area contributed by atoms with Crippen molar-refractivity contribution in [2.45, 2.75) is 25.3 Å². The lowest BCUT2D eigenvalue weighted by atomic mass is 9.88. The van der Waals surface area contributed by atoms with Gasteiger partial charge in [0.2, 0.25) is 0 Å². The van der Waals surface area contributed by atoms with Gasteiger partial charge in [0.15, 0.2) is 0 Å². The molecule has 0 aromatic carbocycles. The molecule has 2 rings (SSSR count). The summed E-state index contributed by atoms with van der Waals surface area (Å²) < 4.78 is 0. The van der Waals surface area contributed by atoms with E-state index in [1.807, 2.05) is 0 Å². The summed E-state index contributed by atoms with van der Waals surface area (Å²) in [7, 11) is 0. The van der Waals surface area contributed by atoms with Gasteiger partial charge in [-0.3, -0.25) is 4.79 Å². The van der Waals surface area contributed by atoms with Crippen LogP contribution in [-0.2, 0) is 4.79 Å². The average Bonchev–Trinajstić information content (AvgIpc) is 2.64. The zero-order chi connectivity index (χ0) is 9.42. The van der Waals surface area contributed by atoms with Crippen molar-refractivity contribution >= 4 is 5.97 Å². The maximum absolute atomic E-state index is 10.6. The molecule has 2 aliphatic carbocycles. The second-order valence-electron chi connectivity index (χ2n) is 4.22. The van der Waals surface area contributed by atoms with Gasteiger partial charge in [0, 0.05) is 0 Å². The Morgan fingerprint density at radius 2 is 2.31 bits per heavy atom. The Hall–Kier alpha value is -0.830. The van der Waals surface area contributed by atoms with E-state index in [0.29, 0.717) is 24.2 Å². The predicted octanol–water partition coefficient (Wildman–Crippen LogP) is 1.00. The van der Waals surface area contributed by atoms with Gasteiger partial charge in [0.25, 0.3) is 0 Å². The summed E-state index contributed by atoms with van der Waals surface area (Å²) in [6, 6.07) is -0.669. The van der Waals surface area contributed by atoms with E-state index >= 15 is 0 Å². The minimum atomic E-state index is -0.869. The fourth-order valence-corrected chi connectivity index (χ4v) is 2.59. The van der Waals surface area contributed by atoms with Gasteiger partial charge in [0.05, 0.1) is 0 Å². The number of carboxylic acids is 1. The second kappa shape index (κ2) is 3.14. The third kappa shape index (κ3) is 1.61. The minimum Gasteiger partial charge on any atom is -0.480 e. The van der Waals surface area contributed by atoms with Crippen LogP contribution in [-0.4, -0.2) is 17.1 Å². The van der Waals surface area contributed by atoms with Crippen molar-refractivity contribution in [2.24, 2.45) is 23.5 Å². The monoisotopic (exact) mass is 181 g/mol. The molecule has 2 aliphatic rings. The molecule has 0 amide bonds. The Bertz CT molecular complexity index is 249. The third-order valence-corrected chi connectivity index (χ3v) is 3.29. The van der Waals surface area contributed by atoms with Gasteiger partial charge in [-0.05, 0) is 37.0 Å². The van der Waals surface area contributed by atoms with Gasteiger partial charge in [-0.1, -0.05) is 12.2 Å². The lowest BCUT2D eigenvalue weighted by Crippen LogP contribution is -2.33. The van der Waals surface area contributed by atoms with Crippen LogP contribution < -0.4 is 5.73 Å². The van der Waals surface area contributed by atoms with Crippen LogP contribution in [0.5, 0.6) is 0 Å². The third-order valence-electron chi connectivity index (χ3n) is 3.29. The summed E-state index contributed by atoms with van der Waals surface area (Å²) in [5.41, 5.74) is 5.50. The zero-order valence-electron chi connectivity index (χ0n) is 7.52. The van der Waals surface area contributed by atoms with Gasteiger partial charge in [-0.25, -0.2) is 0 Å². The van der Waals surface area contributed by atoms with Crippen LogP contribution in [0.25, 0.3) is 0 Å². The van der Waals surface area contributed by atoms with Gasteiger partial charge in [-0.15, -0.1) is 0 Å². The Kier molecular flexibility index (Phi) is 2.12. The molecule has 3 heteroatoms. The lowest BCUT2D eigenvalue weighted by molar-refractivity contribution is -0.139. The molecule has 3 N–H and O–H groups in total. The molecule has 72 valence electrons. The smallest absolute Gasteiger partial charge is 0.320 e. The first-order chi connectivity index (χ1) is 6.16. The summed E-state index contributed by atoms with van der Waals surface area (Å²) in [6.45, 7) is 0. The molecule has 0 saturated heterocycles. The number of carbonyl (C=O) groups is 1. The highest BCUT2D eigenvalue weighted by atomic mass is 16.4. The van der Waals surface area contributed by atoms with Crippen molar-refractivity contribution < 1.29 is 9.90 Å². The first-order valence-corrected chi connectivity index (χ1v) is 4.83. The summed E-state index contributed by atoms with van der Waals surface area (Å²) in [6.07, 6.45) is 7.49. The van der Waals surface area contributed by atoms with Crippen molar-refractivity contribution in [1.82, 2.24) is 0 Å². The van der Waals surface area contributed by atoms with E-state index in [4.69, 9.17) is 10.8 Å². The predicted molar refractivity (Wildman–Crippen MR) is 49.1 cm³/mol. The average molecular weight is 181 g/mol. The first kappa shape index (κ1) is 8.75. The maximum atomic E-state index is 10.6. The zero-order valence-corrected chi connectivity index (χ0v) is 7.52. The van der Waals surface area contributed by atoms with Crippen molar-refractivity contribution in [3.63, 3.8) is 0 Å². The number of aliphatic carboxylic acids is 1. The molecule has 1 fully saturated rings. The number of hydrogen-bond donors (Lipinski definition) is 2. The van der Waals surface area contributed by atoms with Crippen LogP contribution in [0.1, 0.15) is 19.3 Å². The number of carboxylic acid groups (broad SMARTS) is 1. The quantitative estimate of drug-likeness (QED) is 0.638. The van der Waals surface area contributed by atoms with Crippen molar-refractivity contribution in [1.29, 1.82) is 0 Å². The Balaban J connectivity index is 1.90. The van der Waals surface area contributed by atoms with Crippen LogP contribution >= 0.6 is 0 Å². The van der Waals surface area contributed by atoms with Crippen LogP contribution in [0, 0.1) is 17.8 Å². The van der Waals surface area contributed by atoms with Crippen LogP contribution in [0.3, 0.4) is 0 Å². The number of fused-ring (bicyclic) bond motifs is 2. The SMILES string of the molecule is NC(CC1CC2C=CC1C2)C(=O)O. The van der Waals surface area contributed by atoms with E-state index in [1.165, 1.54) is 6.42 Å². The second-order valence-corrected chi connectivity index (χ2v) is 4.22. The fraction of sp³-hybridized carbons (Fsp3) is 0.700. The summed E-state index contributed by atoms with van der Waals surface area (Å²) >= 11 is 0. The van der Waals surface area contributed by atoms with Gasteiger partial charge < -0.3 is 10.8 Å². The van der Waals surface area contributed by atoms with Crippen LogP contribution in [0.15, 0.2) is 12.2 Å². The minimum absolute atomic E-state index is 0.515. The summed E-state index contributed by atoms with van der Waals surface area (Å²) in [5, 5.41) is 8.67. The molecule has 0 aliphatic heterocycles. The van der Waals surface area contributed by atoms with Crippen LogP contribution in [0.2, 0.25) is 0 Å². The van der Waals surface area contributed by atoms with Gasteiger partial charge >= 0.3 is 5.97 Å². The molecule has 4 unspecified atom stereocenters. The fourth-order valence-electron chi connectivity index (χ4n) is 2.59. The maximum Gasteiger partial charge on any atom is 0.320 e. The molecule has 0 spiro atoms. The van der Waals surface area contributed by atoms with Gasteiger partial charge in [-0.2, -0.15) is 0 Å².